The van der Waals surface area contributed by atoms with Crippen LogP contribution in [0.15, 0.2) is 36.8 Å². The van der Waals surface area contributed by atoms with E-state index in [1.807, 2.05) is 41.7 Å². The Balaban J connectivity index is 1.78. The van der Waals surface area contributed by atoms with E-state index in [9.17, 15) is 0 Å². The van der Waals surface area contributed by atoms with Crippen LogP contribution < -0.4 is 5.32 Å². The molecule has 4 aromatic heterocycles. The second-order valence-electron chi connectivity index (χ2n) is 5.84. The van der Waals surface area contributed by atoms with Crippen molar-refractivity contribution in [2.45, 2.75) is 6.54 Å². The molecule has 0 aliphatic carbocycles. The maximum atomic E-state index is 6.14. The lowest BCUT2D eigenvalue weighted by atomic mass is 10.1. The molecule has 0 spiro atoms. The van der Waals surface area contributed by atoms with Gasteiger partial charge < -0.3 is 9.88 Å². The Morgan fingerprint density at radius 3 is 2.77 bits per heavy atom. The molecule has 7 nitrogen and oxygen atoms in total. The lowest BCUT2D eigenvalue weighted by molar-refractivity contribution is 0.774. The van der Waals surface area contributed by atoms with E-state index in [4.69, 9.17) is 28.2 Å². The maximum absolute atomic E-state index is 6.14. The van der Waals surface area contributed by atoms with E-state index < -0.39 is 0 Å². The zero-order chi connectivity index (χ0) is 18.3. The molecule has 0 bridgehead atoms. The highest BCUT2D eigenvalue weighted by atomic mass is 35.5. The number of nitrogens with one attached hydrogen (secondary N) is 1. The van der Waals surface area contributed by atoms with Gasteiger partial charge in [0.25, 0.3) is 0 Å². The monoisotopic (exact) mass is 387 g/mol. The van der Waals surface area contributed by atoms with Crippen molar-refractivity contribution in [1.82, 2.24) is 29.3 Å². The van der Waals surface area contributed by atoms with Crippen LogP contribution in [-0.2, 0) is 20.6 Å². The van der Waals surface area contributed by atoms with Crippen molar-refractivity contribution in [2.75, 3.05) is 5.32 Å². The number of anilines is 1. The summed E-state index contributed by atoms with van der Waals surface area (Å²) in [6.45, 7) is 0.429. The van der Waals surface area contributed by atoms with Crippen LogP contribution in [0.4, 0.5) is 5.82 Å². The van der Waals surface area contributed by atoms with Gasteiger partial charge in [0.2, 0.25) is 5.28 Å². The zero-order valence-electron chi connectivity index (χ0n) is 14.1. The second-order valence-corrected chi connectivity index (χ2v) is 6.59. The van der Waals surface area contributed by atoms with Crippen LogP contribution in [-0.4, -0.2) is 29.3 Å². The Morgan fingerprint density at radius 2 is 2.00 bits per heavy atom. The van der Waals surface area contributed by atoms with Gasteiger partial charge in [-0.25, -0.2) is 9.97 Å². The number of aromatic nitrogens is 6. The van der Waals surface area contributed by atoms with Crippen LogP contribution in [0.5, 0.6) is 0 Å². The smallest absolute Gasteiger partial charge is 0.224 e. The number of hydrogen-bond acceptors (Lipinski definition) is 5. The highest BCUT2D eigenvalue weighted by Crippen LogP contribution is 2.28. The van der Waals surface area contributed by atoms with Crippen LogP contribution in [0, 0.1) is 0 Å². The molecule has 0 amide bonds. The molecule has 0 atom stereocenters. The van der Waals surface area contributed by atoms with Gasteiger partial charge in [0.15, 0.2) is 0 Å². The van der Waals surface area contributed by atoms with Crippen molar-refractivity contribution >= 4 is 40.1 Å². The topological polar surface area (TPSA) is 73.5 Å². The van der Waals surface area contributed by atoms with Gasteiger partial charge in [0.05, 0.1) is 35.2 Å². The van der Waals surface area contributed by atoms with E-state index in [-0.39, 0.29) is 5.28 Å². The highest BCUT2D eigenvalue weighted by molar-refractivity contribution is 6.33. The van der Waals surface area contributed by atoms with Gasteiger partial charge in [-0.3, -0.25) is 4.68 Å². The average Bonchev–Trinajstić information content (AvgIpc) is 3.20. The molecule has 1 N–H and O–H groups in total. The van der Waals surface area contributed by atoms with Crippen LogP contribution in [0.1, 0.15) is 5.69 Å². The molecule has 0 fully saturated rings. The molecular formula is C17H15Cl2N7. The number of halogens is 2. The first-order chi connectivity index (χ1) is 12.5. The van der Waals surface area contributed by atoms with Gasteiger partial charge >= 0.3 is 0 Å². The SMILES string of the molecule is Cn1nccc1-c1cc2c(ccn2C)nc1CNc1nc(Cl)ncc1Cl. The molecule has 0 unspecified atom stereocenters. The van der Waals surface area contributed by atoms with E-state index in [0.717, 1.165) is 28.0 Å². The summed E-state index contributed by atoms with van der Waals surface area (Å²) >= 11 is 12.0. The largest absolute Gasteiger partial charge is 0.363 e. The molecule has 4 heterocycles. The van der Waals surface area contributed by atoms with Crippen molar-refractivity contribution in [2.24, 2.45) is 14.1 Å². The number of fused-ring (bicyclic) bond motifs is 1. The number of rotatable bonds is 4. The maximum Gasteiger partial charge on any atom is 0.224 e. The fourth-order valence-corrected chi connectivity index (χ4v) is 3.15. The predicted molar refractivity (Wildman–Crippen MR) is 102 cm³/mol. The van der Waals surface area contributed by atoms with E-state index in [2.05, 4.69) is 26.4 Å². The molecule has 0 aromatic carbocycles. The number of aryl methyl sites for hydroxylation is 2. The van der Waals surface area contributed by atoms with E-state index >= 15 is 0 Å². The summed E-state index contributed by atoms with van der Waals surface area (Å²) in [5, 5.41) is 8.00. The molecule has 4 aromatic rings. The van der Waals surface area contributed by atoms with Crippen molar-refractivity contribution in [3.05, 3.63) is 52.8 Å². The Kier molecular flexibility index (Phi) is 4.26. The molecule has 0 saturated heterocycles. The normalized spacial score (nSPS) is 11.2. The van der Waals surface area contributed by atoms with Crippen molar-refractivity contribution in [1.29, 1.82) is 0 Å². The standard InChI is InChI=1S/C17H15Cl2N7/c1-25-6-4-12-15(25)7-10(14-3-5-22-26(14)2)13(23-12)9-20-16-11(18)8-21-17(19)24-16/h3-8H,9H2,1-2H3,(H,20,21,24). The molecule has 132 valence electrons. The number of pyridine rings is 1. The quantitative estimate of drug-likeness (QED) is 0.540. The van der Waals surface area contributed by atoms with Gasteiger partial charge in [-0.05, 0) is 29.8 Å². The van der Waals surface area contributed by atoms with E-state index in [0.29, 0.717) is 17.4 Å². The lowest BCUT2D eigenvalue weighted by Gasteiger charge is -2.12. The molecular weight excluding hydrogens is 373 g/mol. The minimum Gasteiger partial charge on any atom is -0.363 e. The number of hydrogen-bond donors (Lipinski definition) is 1. The van der Waals surface area contributed by atoms with Crippen LogP contribution in [0.25, 0.3) is 22.3 Å². The molecule has 0 aliphatic heterocycles. The summed E-state index contributed by atoms with van der Waals surface area (Å²) in [7, 11) is 3.90. The van der Waals surface area contributed by atoms with Gasteiger partial charge in [-0.1, -0.05) is 11.6 Å². The molecule has 0 aliphatic rings. The fraction of sp³-hybridized carbons (Fsp3) is 0.176. The summed E-state index contributed by atoms with van der Waals surface area (Å²) in [6.07, 6.45) is 5.22. The summed E-state index contributed by atoms with van der Waals surface area (Å²) in [5.41, 5.74) is 4.79. The predicted octanol–water partition coefficient (Wildman–Crippen LogP) is 3.68. The Labute approximate surface area is 159 Å². The molecule has 0 saturated carbocycles. The van der Waals surface area contributed by atoms with Crippen molar-refractivity contribution in [3.63, 3.8) is 0 Å². The first-order valence-electron chi connectivity index (χ1n) is 7.88. The minimum atomic E-state index is 0.134. The zero-order valence-corrected chi connectivity index (χ0v) is 15.6. The van der Waals surface area contributed by atoms with Gasteiger partial charge in [-0.15, -0.1) is 0 Å². The van der Waals surface area contributed by atoms with Gasteiger partial charge in [-0.2, -0.15) is 10.1 Å². The Bertz CT molecular complexity index is 1100. The summed E-state index contributed by atoms with van der Waals surface area (Å²) in [5.74, 6) is 0.470. The van der Waals surface area contributed by atoms with Crippen LogP contribution >= 0.6 is 23.2 Å². The molecule has 0 radical (unpaired) electrons. The Hall–Kier alpha value is -2.64. The third-order valence-electron chi connectivity index (χ3n) is 4.18. The first-order valence-corrected chi connectivity index (χ1v) is 8.64. The first kappa shape index (κ1) is 16.8. The van der Waals surface area contributed by atoms with Crippen LogP contribution in [0.3, 0.4) is 0 Å². The highest BCUT2D eigenvalue weighted by Gasteiger charge is 2.14. The third-order valence-corrected chi connectivity index (χ3v) is 4.64. The van der Waals surface area contributed by atoms with Crippen molar-refractivity contribution < 1.29 is 0 Å². The van der Waals surface area contributed by atoms with Gasteiger partial charge in [0.1, 0.15) is 10.8 Å². The third kappa shape index (κ3) is 3.00. The fourth-order valence-electron chi connectivity index (χ4n) is 2.86. The van der Waals surface area contributed by atoms with Gasteiger partial charge in [0, 0.05) is 32.1 Å². The number of nitrogens with zero attached hydrogens (tertiary/aromatic N) is 6. The van der Waals surface area contributed by atoms with E-state index in [1.54, 1.807) is 6.20 Å². The van der Waals surface area contributed by atoms with E-state index in [1.165, 1.54) is 6.20 Å². The average molecular weight is 388 g/mol. The van der Waals surface area contributed by atoms with Crippen LogP contribution in [0.2, 0.25) is 10.3 Å². The summed E-state index contributed by atoms with van der Waals surface area (Å²) in [6, 6.07) is 6.06. The summed E-state index contributed by atoms with van der Waals surface area (Å²) < 4.78 is 3.87. The lowest BCUT2D eigenvalue weighted by Crippen LogP contribution is -2.08. The summed E-state index contributed by atoms with van der Waals surface area (Å²) in [4.78, 5) is 12.8. The van der Waals surface area contributed by atoms with Crippen molar-refractivity contribution in [3.8, 4) is 11.3 Å². The molecule has 9 heteroatoms. The minimum absolute atomic E-state index is 0.134. The Morgan fingerprint density at radius 1 is 1.15 bits per heavy atom. The molecule has 26 heavy (non-hydrogen) atoms. The molecule has 4 rings (SSSR count). The second kappa shape index (κ2) is 6.59.